The van der Waals surface area contributed by atoms with Gasteiger partial charge in [-0.3, -0.25) is 19.0 Å². The van der Waals surface area contributed by atoms with E-state index in [1.807, 2.05) is 24.5 Å². The molecule has 0 aliphatic rings. The number of carbonyl (C=O) groups excluding carboxylic acids is 2. The number of Topliss-reactive ketones (excluding diaryl/α,β-unsaturated/α-hetero) is 1. The molecule has 0 atom stereocenters. The van der Waals surface area contributed by atoms with Crippen LogP contribution in [0.3, 0.4) is 0 Å². The number of ether oxygens (including phenoxy) is 1. The number of esters is 1. The second-order valence-corrected chi connectivity index (χ2v) is 6.38. The summed E-state index contributed by atoms with van der Waals surface area (Å²) in [7, 11) is 1.35. The van der Waals surface area contributed by atoms with Gasteiger partial charge in [0, 0.05) is 23.5 Å². The van der Waals surface area contributed by atoms with Crippen LogP contribution < -0.4 is 5.56 Å². The van der Waals surface area contributed by atoms with Crippen LogP contribution in [0.5, 0.6) is 0 Å². The van der Waals surface area contributed by atoms with Crippen LogP contribution in [0.25, 0.3) is 10.9 Å². The predicted molar refractivity (Wildman–Crippen MR) is 101 cm³/mol. The molecule has 0 amide bonds. The van der Waals surface area contributed by atoms with Gasteiger partial charge in [-0.1, -0.05) is 12.1 Å². The molecule has 0 bridgehead atoms. The largest absolute Gasteiger partial charge is 0.469 e. The van der Waals surface area contributed by atoms with Crippen LogP contribution in [-0.4, -0.2) is 33.0 Å². The maximum Gasteiger partial charge on any atom is 0.307 e. The van der Waals surface area contributed by atoms with Gasteiger partial charge in [0.2, 0.25) is 0 Å². The monoisotopic (exact) mass is 367 g/mol. The molecule has 140 valence electrons. The molecule has 1 aromatic carbocycles. The van der Waals surface area contributed by atoms with Gasteiger partial charge in [0.25, 0.3) is 5.56 Å². The van der Waals surface area contributed by atoms with E-state index in [-0.39, 0.29) is 30.3 Å². The molecule has 2 aromatic heterocycles. The van der Waals surface area contributed by atoms with Crippen molar-refractivity contribution in [3.63, 3.8) is 0 Å². The molecule has 2 heterocycles. The molecule has 0 spiro atoms. The molecule has 0 N–H and O–H groups in total. The molecule has 0 unspecified atom stereocenters. The van der Waals surface area contributed by atoms with Crippen LogP contribution in [0.4, 0.5) is 0 Å². The lowest BCUT2D eigenvalue weighted by molar-refractivity contribution is -0.140. The number of carbonyl (C=O) groups is 2. The first-order chi connectivity index (χ1) is 12.9. The highest BCUT2D eigenvalue weighted by Gasteiger charge is 2.17. The average molecular weight is 367 g/mol. The lowest BCUT2D eigenvalue weighted by Gasteiger charge is -2.09. The van der Waals surface area contributed by atoms with Crippen molar-refractivity contribution < 1.29 is 14.3 Å². The Bertz CT molecular complexity index is 1080. The van der Waals surface area contributed by atoms with Gasteiger partial charge in [-0.2, -0.15) is 0 Å². The van der Waals surface area contributed by atoms with Crippen LogP contribution >= 0.6 is 0 Å². The standard InChI is InChI=1S/C20H21N3O4/c1-13-10-16(14(2)23(13)9-8-19(25)27-3)18(24)11-22-12-21-17-7-5-4-6-15(17)20(22)26/h4-7,10,12H,8-9,11H2,1-3H3. The van der Waals surface area contributed by atoms with E-state index in [2.05, 4.69) is 9.72 Å². The highest BCUT2D eigenvalue weighted by molar-refractivity contribution is 5.97. The first kappa shape index (κ1) is 18.6. The van der Waals surface area contributed by atoms with Crippen LogP contribution in [0, 0.1) is 13.8 Å². The maximum atomic E-state index is 12.8. The Kier molecular flexibility index (Phi) is 5.21. The molecular formula is C20H21N3O4. The number of hydrogen-bond acceptors (Lipinski definition) is 5. The lowest BCUT2D eigenvalue weighted by atomic mass is 10.1. The van der Waals surface area contributed by atoms with Gasteiger partial charge in [-0.25, -0.2) is 4.98 Å². The van der Waals surface area contributed by atoms with E-state index in [0.717, 1.165) is 11.4 Å². The molecule has 7 heteroatoms. The van der Waals surface area contributed by atoms with E-state index in [9.17, 15) is 14.4 Å². The summed E-state index contributed by atoms with van der Waals surface area (Å²) in [6, 6.07) is 8.83. The van der Waals surface area contributed by atoms with Crippen molar-refractivity contribution >= 4 is 22.7 Å². The van der Waals surface area contributed by atoms with Crippen molar-refractivity contribution in [2.75, 3.05) is 7.11 Å². The van der Waals surface area contributed by atoms with Gasteiger partial charge in [0.05, 0.1) is 37.3 Å². The molecule has 0 aliphatic carbocycles. The second-order valence-electron chi connectivity index (χ2n) is 6.38. The van der Waals surface area contributed by atoms with E-state index in [4.69, 9.17) is 0 Å². The van der Waals surface area contributed by atoms with E-state index in [1.165, 1.54) is 18.0 Å². The maximum absolute atomic E-state index is 12.8. The van der Waals surface area contributed by atoms with Crippen molar-refractivity contribution in [3.05, 3.63) is 64.0 Å². The third kappa shape index (κ3) is 3.67. The quantitative estimate of drug-likeness (QED) is 0.493. The summed E-state index contributed by atoms with van der Waals surface area (Å²) in [5.74, 6) is -0.476. The van der Waals surface area contributed by atoms with Gasteiger partial charge >= 0.3 is 5.97 Å². The number of ketones is 1. The Morgan fingerprint density at radius 2 is 1.93 bits per heavy atom. The van der Waals surface area contributed by atoms with E-state index < -0.39 is 0 Å². The summed E-state index contributed by atoms with van der Waals surface area (Å²) in [6.07, 6.45) is 1.63. The normalized spacial score (nSPS) is 10.9. The molecule has 0 saturated heterocycles. The Hall–Kier alpha value is -3.22. The summed E-state index contributed by atoms with van der Waals surface area (Å²) in [4.78, 5) is 41.0. The molecule has 0 aliphatic heterocycles. The van der Waals surface area contributed by atoms with Gasteiger partial charge in [0.1, 0.15) is 0 Å². The Morgan fingerprint density at radius 1 is 1.19 bits per heavy atom. The van der Waals surface area contributed by atoms with Crippen molar-refractivity contribution in [1.29, 1.82) is 0 Å². The van der Waals surface area contributed by atoms with E-state index >= 15 is 0 Å². The average Bonchev–Trinajstić information content (AvgIpc) is 2.96. The topological polar surface area (TPSA) is 83.2 Å². The zero-order chi connectivity index (χ0) is 19.6. The molecule has 0 fully saturated rings. The number of methoxy groups -OCH3 is 1. The zero-order valence-electron chi connectivity index (χ0n) is 15.6. The highest BCUT2D eigenvalue weighted by atomic mass is 16.5. The number of rotatable bonds is 6. The molecule has 27 heavy (non-hydrogen) atoms. The van der Waals surface area contributed by atoms with E-state index in [1.54, 1.807) is 24.3 Å². The van der Waals surface area contributed by atoms with Crippen molar-refractivity contribution in [3.8, 4) is 0 Å². The summed E-state index contributed by atoms with van der Waals surface area (Å²) in [5.41, 5.74) is 2.55. The second kappa shape index (κ2) is 7.57. The molecule has 0 radical (unpaired) electrons. The number of nitrogens with zero attached hydrogens (tertiary/aromatic N) is 3. The summed E-state index contributed by atoms with van der Waals surface area (Å²) in [6.45, 7) is 4.07. The van der Waals surface area contributed by atoms with Gasteiger partial charge in [-0.15, -0.1) is 0 Å². The van der Waals surface area contributed by atoms with Gasteiger partial charge < -0.3 is 9.30 Å². The molecule has 3 rings (SSSR count). The number of fused-ring (bicyclic) bond motifs is 1. The lowest BCUT2D eigenvalue weighted by Crippen LogP contribution is -2.25. The fraction of sp³-hybridized carbons (Fsp3) is 0.300. The van der Waals surface area contributed by atoms with Crippen LogP contribution in [-0.2, 0) is 22.6 Å². The minimum atomic E-state index is -0.302. The van der Waals surface area contributed by atoms with Crippen molar-refractivity contribution in [2.24, 2.45) is 0 Å². The predicted octanol–water partition coefficient (Wildman–Crippen LogP) is 2.26. The van der Waals surface area contributed by atoms with Crippen molar-refractivity contribution in [1.82, 2.24) is 14.1 Å². The number of benzene rings is 1. The molecule has 7 nitrogen and oxygen atoms in total. The fourth-order valence-corrected chi connectivity index (χ4v) is 3.19. The van der Waals surface area contributed by atoms with Gasteiger partial charge in [0.15, 0.2) is 5.78 Å². The Balaban J connectivity index is 1.86. The first-order valence-electron chi connectivity index (χ1n) is 8.63. The minimum absolute atomic E-state index is 0.0854. The molecule has 3 aromatic rings. The zero-order valence-corrected chi connectivity index (χ0v) is 15.6. The number of para-hydroxylation sites is 1. The van der Waals surface area contributed by atoms with Crippen LogP contribution in [0.15, 0.2) is 41.5 Å². The van der Waals surface area contributed by atoms with Crippen LogP contribution in [0.1, 0.15) is 28.2 Å². The summed E-state index contributed by atoms with van der Waals surface area (Å²) >= 11 is 0. The third-order valence-corrected chi connectivity index (χ3v) is 4.69. The number of aromatic nitrogens is 3. The minimum Gasteiger partial charge on any atom is -0.469 e. The van der Waals surface area contributed by atoms with E-state index in [0.29, 0.717) is 23.0 Å². The van der Waals surface area contributed by atoms with Crippen molar-refractivity contribution in [2.45, 2.75) is 33.4 Å². The SMILES string of the molecule is COC(=O)CCn1c(C)cc(C(=O)Cn2cnc3ccccc3c2=O)c1C. The molecule has 0 saturated carbocycles. The third-order valence-electron chi connectivity index (χ3n) is 4.69. The Morgan fingerprint density at radius 3 is 2.67 bits per heavy atom. The summed E-state index contributed by atoms with van der Waals surface area (Å²) < 4.78 is 7.90. The number of aryl methyl sites for hydroxylation is 1. The summed E-state index contributed by atoms with van der Waals surface area (Å²) in [5, 5.41) is 0.483. The fourth-order valence-electron chi connectivity index (χ4n) is 3.19. The first-order valence-corrected chi connectivity index (χ1v) is 8.63. The smallest absolute Gasteiger partial charge is 0.307 e. The van der Waals surface area contributed by atoms with Crippen LogP contribution in [0.2, 0.25) is 0 Å². The molecular weight excluding hydrogens is 346 g/mol. The highest BCUT2D eigenvalue weighted by Crippen LogP contribution is 2.17. The van der Waals surface area contributed by atoms with Gasteiger partial charge in [-0.05, 0) is 32.0 Å². The Labute approximate surface area is 156 Å². The number of hydrogen-bond donors (Lipinski definition) is 0.